The second-order valence-corrected chi connectivity index (χ2v) is 6.67. The number of aromatic nitrogens is 4. The summed E-state index contributed by atoms with van der Waals surface area (Å²) in [6.45, 7) is 1.28. The van der Waals surface area contributed by atoms with E-state index in [1.54, 1.807) is 25.7 Å². The number of hydrogen-bond acceptors (Lipinski definition) is 6. The molecule has 1 atom stereocenters. The van der Waals surface area contributed by atoms with Crippen LogP contribution in [0.15, 0.2) is 55.2 Å². The Balaban J connectivity index is 1.64. The number of piperidine rings is 1. The van der Waals surface area contributed by atoms with Crippen LogP contribution in [0.4, 0.5) is 0 Å². The third-order valence-electron chi connectivity index (χ3n) is 4.97. The zero-order valence-electron chi connectivity index (χ0n) is 15.7. The third-order valence-corrected chi connectivity index (χ3v) is 4.97. The number of amides is 1. The molecule has 142 valence electrons. The van der Waals surface area contributed by atoms with E-state index in [2.05, 4.69) is 19.9 Å². The Morgan fingerprint density at radius 1 is 1.11 bits per heavy atom. The first-order valence-corrected chi connectivity index (χ1v) is 9.27. The maximum Gasteiger partial charge on any atom is 0.274 e. The van der Waals surface area contributed by atoms with E-state index in [0.717, 1.165) is 35.5 Å². The van der Waals surface area contributed by atoms with Crippen LogP contribution >= 0.6 is 0 Å². The Morgan fingerprint density at radius 3 is 2.75 bits per heavy atom. The number of carbonyl (C=O) groups excluding carboxylic acids is 1. The molecule has 0 radical (unpaired) electrons. The minimum absolute atomic E-state index is 0.0967. The number of rotatable bonds is 4. The van der Waals surface area contributed by atoms with E-state index in [-0.39, 0.29) is 11.8 Å². The second-order valence-electron chi connectivity index (χ2n) is 6.67. The summed E-state index contributed by atoms with van der Waals surface area (Å²) in [6.07, 6.45) is 9.86. The maximum absolute atomic E-state index is 12.8. The van der Waals surface area contributed by atoms with E-state index in [9.17, 15) is 4.79 Å². The molecule has 1 saturated heterocycles. The average molecular weight is 375 g/mol. The van der Waals surface area contributed by atoms with Gasteiger partial charge >= 0.3 is 0 Å². The second kappa shape index (κ2) is 8.12. The molecule has 0 saturated carbocycles. The number of ether oxygens (including phenoxy) is 1. The molecule has 2 aromatic heterocycles. The van der Waals surface area contributed by atoms with Crippen molar-refractivity contribution in [2.45, 2.75) is 18.8 Å². The number of likely N-dealkylation sites (tertiary alicyclic amines) is 1. The lowest BCUT2D eigenvalue weighted by Gasteiger charge is -2.32. The van der Waals surface area contributed by atoms with Crippen molar-refractivity contribution in [3.63, 3.8) is 0 Å². The summed E-state index contributed by atoms with van der Waals surface area (Å²) < 4.78 is 5.51. The van der Waals surface area contributed by atoms with E-state index in [1.807, 2.05) is 29.2 Å². The van der Waals surface area contributed by atoms with Crippen LogP contribution in [0.3, 0.4) is 0 Å². The predicted molar refractivity (Wildman–Crippen MR) is 104 cm³/mol. The highest BCUT2D eigenvalue weighted by atomic mass is 16.5. The van der Waals surface area contributed by atoms with E-state index in [4.69, 9.17) is 4.74 Å². The molecule has 0 spiro atoms. The SMILES string of the molecule is COc1ccccc1-c1nccnc1[C@H]1CCCN(C(=O)c2cnccn2)C1. The summed E-state index contributed by atoms with van der Waals surface area (Å²) in [5.74, 6) is 0.760. The highest BCUT2D eigenvalue weighted by molar-refractivity contribution is 5.92. The van der Waals surface area contributed by atoms with Gasteiger partial charge in [-0.3, -0.25) is 19.7 Å². The van der Waals surface area contributed by atoms with Gasteiger partial charge in [-0.2, -0.15) is 0 Å². The van der Waals surface area contributed by atoms with Crippen LogP contribution in [-0.4, -0.2) is 50.9 Å². The molecular weight excluding hydrogens is 354 g/mol. The molecule has 0 aliphatic carbocycles. The monoisotopic (exact) mass is 375 g/mol. The van der Waals surface area contributed by atoms with Gasteiger partial charge < -0.3 is 9.64 Å². The molecule has 1 fully saturated rings. The molecular formula is C21H21N5O2. The van der Waals surface area contributed by atoms with E-state index in [1.165, 1.54) is 12.4 Å². The van der Waals surface area contributed by atoms with Gasteiger partial charge in [-0.15, -0.1) is 0 Å². The van der Waals surface area contributed by atoms with Crippen LogP contribution in [0.5, 0.6) is 5.75 Å². The fraction of sp³-hybridized carbons (Fsp3) is 0.286. The van der Waals surface area contributed by atoms with Crippen molar-refractivity contribution in [1.29, 1.82) is 0 Å². The lowest BCUT2D eigenvalue weighted by atomic mass is 9.91. The summed E-state index contributed by atoms with van der Waals surface area (Å²) in [5, 5.41) is 0. The fourth-order valence-corrected chi connectivity index (χ4v) is 3.65. The van der Waals surface area contributed by atoms with E-state index in [0.29, 0.717) is 18.8 Å². The molecule has 1 amide bonds. The van der Waals surface area contributed by atoms with Crippen LogP contribution in [-0.2, 0) is 0 Å². The van der Waals surface area contributed by atoms with Crippen LogP contribution in [0, 0.1) is 0 Å². The van der Waals surface area contributed by atoms with E-state index < -0.39 is 0 Å². The van der Waals surface area contributed by atoms with Crippen LogP contribution in [0.25, 0.3) is 11.3 Å². The maximum atomic E-state index is 12.8. The molecule has 1 aliphatic rings. The molecule has 0 bridgehead atoms. The lowest BCUT2D eigenvalue weighted by Crippen LogP contribution is -2.39. The molecule has 3 heterocycles. The van der Waals surface area contributed by atoms with Gasteiger partial charge in [0.15, 0.2) is 0 Å². The number of hydrogen-bond donors (Lipinski definition) is 0. The van der Waals surface area contributed by atoms with Crippen molar-refractivity contribution < 1.29 is 9.53 Å². The molecule has 1 aliphatic heterocycles. The first-order chi connectivity index (χ1) is 13.8. The Hall–Kier alpha value is -3.35. The smallest absolute Gasteiger partial charge is 0.274 e. The number of methoxy groups -OCH3 is 1. The standard InChI is InChI=1S/C21H21N5O2/c1-28-18-7-3-2-6-16(18)20-19(24-10-11-25-20)15-5-4-12-26(14-15)21(27)17-13-22-8-9-23-17/h2-3,6-11,13,15H,4-5,12,14H2,1H3/t15-/m0/s1. The topological polar surface area (TPSA) is 81.1 Å². The molecule has 28 heavy (non-hydrogen) atoms. The normalized spacial score (nSPS) is 16.6. The van der Waals surface area contributed by atoms with E-state index >= 15 is 0 Å². The number of para-hydroxylation sites is 1. The zero-order valence-corrected chi connectivity index (χ0v) is 15.7. The van der Waals surface area contributed by atoms with Crippen LogP contribution in [0.1, 0.15) is 34.9 Å². The quantitative estimate of drug-likeness (QED) is 0.697. The molecule has 3 aromatic rings. The van der Waals surface area contributed by atoms with Crippen molar-refractivity contribution in [1.82, 2.24) is 24.8 Å². The first-order valence-electron chi connectivity index (χ1n) is 9.27. The largest absolute Gasteiger partial charge is 0.496 e. The minimum Gasteiger partial charge on any atom is -0.496 e. The van der Waals surface area contributed by atoms with Crippen molar-refractivity contribution in [3.05, 3.63) is 66.6 Å². The van der Waals surface area contributed by atoms with Gasteiger partial charge in [0.1, 0.15) is 11.4 Å². The van der Waals surface area contributed by atoms with Crippen molar-refractivity contribution in [2.24, 2.45) is 0 Å². The van der Waals surface area contributed by atoms with Crippen molar-refractivity contribution in [3.8, 4) is 17.0 Å². The Kier molecular flexibility index (Phi) is 5.23. The van der Waals surface area contributed by atoms with Gasteiger partial charge in [0.05, 0.1) is 24.7 Å². The molecule has 0 N–H and O–H groups in total. The van der Waals surface area contributed by atoms with Crippen LogP contribution < -0.4 is 4.74 Å². The summed E-state index contributed by atoms with van der Waals surface area (Å²) in [7, 11) is 1.65. The summed E-state index contributed by atoms with van der Waals surface area (Å²) in [6, 6.07) is 7.79. The third kappa shape index (κ3) is 3.55. The fourth-order valence-electron chi connectivity index (χ4n) is 3.65. The highest BCUT2D eigenvalue weighted by Crippen LogP contribution is 2.35. The number of carbonyl (C=O) groups is 1. The average Bonchev–Trinajstić information content (AvgIpc) is 2.79. The van der Waals surface area contributed by atoms with Crippen molar-refractivity contribution >= 4 is 5.91 Å². The Labute approximate surface area is 163 Å². The lowest BCUT2D eigenvalue weighted by molar-refractivity contribution is 0.0699. The Morgan fingerprint density at radius 2 is 1.93 bits per heavy atom. The van der Waals surface area contributed by atoms with Gasteiger partial charge in [0.25, 0.3) is 5.91 Å². The molecule has 0 unspecified atom stereocenters. The van der Waals surface area contributed by atoms with Gasteiger partial charge in [0, 0.05) is 49.4 Å². The zero-order chi connectivity index (χ0) is 19.3. The number of nitrogens with zero attached hydrogens (tertiary/aromatic N) is 5. The summed E-state index contributed by atoms with van der Waals surface area (Å²) >= 11 is 0. The number of benzene rings is 1. The molecule has 7 nitrogen and oxygen atoms in total. The molecule has 4 rings (SSSR count). The van der Waals surface area contributed by atoms with Crippen LogP contribution in [0.2, 0.25) is 0 Å². The van der Waals surface area contributed by atoms with Gasteiger partial charge in [-0.05, 0) is 25.0 Å². The summed E-state index contributed by atoms with van der Waals surface area (Å²) in [5.41, 5.74) is 2.97. The predicted octanol–water partition coefficient (Wildman–Crippen LogP) is 2.96. The molecule has 1 aromatic carbocycles. The first kappa shape index (κ1) is 18.0. The molecule has 7 heteroatoms. The van der Waals surface area contributed by atoms with Gasteiger partial charge in [0.2, 0.25) is 0 Å². The Bertz CT molecular complexity index is 964. The summed E-state index contributed by atoms with van der Waals surface area (Å²) in [4.78, 5) is 32.0. The highest BCUT2D eigenvalue weighted by Gasteiger charge is 2.29. The van der Waals surface area contributed by atoms with Gasteiger partial charge in [-0.1, -0.05) is 12.1 Å². The minimum atomic E-state index is -0.0967. The van der Waals surface area contributed by atoms with Crippen molar-refractivity contribution in [2.75, 3.05) is 20.2 Å². The van der Waals surface area contributed by atoms with Gasteiger partial charge in [-0.25, -0.2) is 4.98 Å².